The minimum atomic E-state index is -0.562. The predicted molar refractivity (Wildman–Crippen MR) is 160 cm³/mol. The number of thiazole rings is 1. The van der Waals surface area contributed by atoms with E-state index in [-0.39, 0.29) is 23.2 Å². The number of carbonyl (C=O) groups excluding carboxylic acids is 2. The molecular weight excluding hydrogens is 544 g/mol. The molecule has 6 rings (SSSR count). The molecule has 0 fully saturated rings. The molecule has 3 heterocycles. The third-order valence-electron chi connectivity index (χ3n) is 6.33. The normalized spacial score (nSPS) is 11.2. The summed E-state index contributed by atoms with van der Waals surface area (Å²) in [5.41, 5.74) is 2.78. The Kier molecular flexibility index (Phi) is 6.66. The van der Waals surface area contributed by atoms with Gasteiger partial charge in [-0.2, -0.15) is 9.78 Å². The lowest BCUT2D eigenvalue weighted by Gasteiger charge is -2.15. The number of anilines is 1. The van der Waals surface area contributed by atoms with Crippen molar-refractivity contribution in [2.45, 2.75) is 13.8 Å². The Balaban J connectivity index is 1.44. The zero-order valence-corrected chi connectivity index (χ0v) is 23.1. The van der Waals surface area contributed by atoms with E-state index in [1.165, 1.54) is 11.3 Å². The van der Waals surface area contributed by atoms with Gasteiger partial charge in [0.25, 0.3) is 5.91 Å². The largest absolute Gasteiger partial charge is 0.462 e. The second kappa shape index (κ2) is 10.4. The van der Waals surface area contributed by atoms with E-state index in [1.807, 2.05) is 30.3 Å². The number of rotatable bonds is 5. The summed E-state index contributed by atoms with van der Waals surface area (Å²) in [6, 6.07) is 20.9. The maximum atomic E-state index is 13.0. The summed E-state index contributed by atoms with van der Waals surface area (Å²) in [4.78, 5) is 35.3. The quantitative estimate of drug-likeness (QED) is 0.199. The van der Waals surface area contributed by atoms with Gasteiger partial charge in [0.1, 0.15) is 5.56 Å². The molecule has 0 bridgehead atoms. The van der Waals surface area contributed by atoms with Crippen LogP contribution in [0.1, 0.15) is 33.3 Å². The first-order chi connectivity index (χ1) is 19.4. The maximum Gasteiger partial charge on any atom is 0.342 e. The first kappa shape index (κ1) is 25.5. The molecule has 3 aromatic carbocycles. The lowest BCUT2D eigenvalue weighted by Crippen LogP contribution is -2.34. The van der Waals surface area contributed by atoms with Gasteiger partial charge in [-0.3, -0.25) is 10.1 Å². The van der Waals surface area contributed by atoms with Crippen molar-refractivity contribution in [2.75, 3.05) is 11.9 Å². The van der Waals surface area contributed by atoms with Gasteiger partial charge in [-0.05, 0) is 49.7 Å². The fourth-order valence-corrected chi connectivity index (χ4v) is 5.67. The van der Waals surface area contributed by atoms with Crippen molar-refractivity contribution in [3.05, 3.63) is 89.7 Å². The van der Waals surface area contributed by atoms with Crippen molar-refractivity contribution in [1.82, 2.24) is 25.1 Å². The number of nitrogens with one attached hydrogen (secondary N) is 2. The van der Waals surface area contributed by atoms with Crippen molar-refractivity contribution in [2.24, 2.45) is 0 Å². The van der Waals surface area contributed by atoms with Gasteiger partial charge in [0.2, 0.25) is 5.13 Å². The number of hydrogen-bond donors (Lipinski definition) is 2. The van der Waals surface area contributed by atoms with Crippen LogP contribution in [0.4, 0.5) is 5.69 Å². The molecule has 0 aliphatic rings. The number of hydrogen-bond acceptors (Lipinski definition) is 8. The average molecular weight is 567 g/mol. The molecule has 3 aromatic heterocycles. The Hall–Kier alpha value is -4.74. The van der Waals surface area contributed by atoms with Crippen LogP contribution in [0.25, 0.3) is 37.2 Å². The van der Waals surface area contributed by atoms with E-state index in [1.54, 1.807) is 49.0 Å². The number of pyridine rings is 1. The second-order valence-corrected chi connectivity index (χ2v) is 10.3. The van der Waals surface area contributed by atoms with Crippen molar-refractivity contribution in [3.63, 3.8) is 0 Å². The van der Waals surface area contributed by atoms with Crippen molar-refractivity contribution >= 4 is 78.3 Å². The van der Waals surface area contributed by atoms with Crippen LogP contribution in [0.5, 0.6) is 0 Å². The molecule has 6 aromatic rings. The number of amides is 1. The maximum absolute atomic E-state index is 13.0. The summed E-state index contributed by atoms with van der Waals surface area (Å²) >= 11 is 6.95. The molecule has 0 radical (unpaired) electrons. The van der Waals surface area contributed by atoms with Crippen molar-refractivity contribution in [3.8, 4) is 5.13 Å². The van der Waals surface area contributed by atoms with Gasteiger partial charge in [0.15, 0.2) is 10.8 Å². The third kappa shape index (κ3) is 4.55. The highest BCUT2D eigenvalue weighted by atomic mass is 32.1. The fourth-order valence-electron chi connectivity index (χ4n) is 4.53. The molecule has 0 aliphatic heterocycles. The van der Waals surface area contributed by atoms with Crippen LogP contribution in [0.2, 0.25) is 0 Å². The first-order valence-corrected chi connectivity index (χ1v) is 13.7. The van der Waals surface area contributed by atoms with E-state index in [0.717, 1.165) is 21.0 Å². The summed E-state index contributed by atoms with van der Waals surface area (Å²) in [6.07, 6.45) is 1.60. The number of fused-ring (bicyclic) bond motifs is 4. The molecule has 2 N–H and O–H groups in total. The Labute approximate surface area is 237 Å². The molecule has 9 nitrogen and oxygen atoms in total. The number of ether oxygens (including phenoxy) is 1. The van der Waals surface area contributed by atoms with Crippen LogP contribution in [-0.2, 0) is 4.74 Å². The minimum absolute atomic E-state index is 0.0190. The zero-order chi connectivity index (χ0) is 27.8. The zero-order valence-electron chi connectivity index (χ0n) is 21.5. The summed E-state index contributed by atoms with van der Waals surface area (Å²) in [7, 11) is 0. The van der Waals surface area contributed by atoms with Crippen LogP contribution in [0.3, 0.4) is 0 Å². The summed E-state index contributed by atoms with van der Waals surface area (Å²) in [5, 5.41) is 13.6. The van der Waals surface area contributed by atoms with E-state index >= 15 is 0 Å². The van der Waals surface area contributed by atoms with E-state index in [0.29, 0.717) is 33.1 Å². The van der Waals surface area contributed by atoms with Crippen LogP contribution >= 0.6 is 23.6 Å². The first-order valence-electron chi connectivity index (χ1n) is 12.5. The second-order valence-electron chi connectivity index (χ2n) is 8.87. The average Bonchev–Trinajstić information content (AvgIpc) is 3.58. The molecular formula is C29H22N6O3S2. The molecule has 0 aliphatic carbocycles. The Morgan fingerprint density at radius 1 is 1.00 bits per heavy atom. The van der Waals surface area contributed by atoms with E-state index in [4.69, 9.17) is 26.9 Å². The molecule has 11 heteroatoms. The number of aromatic nitrogens is 4. The van der Waals surface area contributed by atoms with Gasteiger partial charge < -0.3 is 10.1 Å². The highest BCUT2D eigenvalue weighted by Crippen LogP contribution is 2.34. The monoisotopic (exact) mass is 566 g/mol. The number of nitrogens with zero attached hydrogens (tertiary/aromatic N) is 4. The van der Waals surface area contributed by atoms with Gasteiger partial charge in [0.05, 0.1) is 39.8 Å². The lowest BCUT2D eigenvalue weighted by molar-refractivity contribution is 0.0526. The topological polar surface area (TPSA) is 111 Å². The molecule has 0 saturated heterocycles. The van der Waals surface area contributed by atoms with Crippen LogP contribution in [0, 0.1) is 6.92 Å². The number of benzene rings is 3. The van der Waals surface area contributed by atoms with Gasteiger partial charge in [-0.15, -0.1) is 0 Å². The summed E-state index contributed by atoms with van der Waals surface area (Å²) < 4.78 is 7.98. The third-order valence-corrected chi connectivity index (χ3v) is 7.53. The Morgan fingerprint density at radius 3 is 2.58 bits per heavy atom. The van der Waals surface area contributed by atoms with E-state index in [9.17, 15) is 9.59 Å². The van der Waals surface area contributed by atoms with Gasteiger partial charge in [-0.25, -0.2) is 14.8 Å². The number of thiocarbonyl (C=S) groups is 1. The molecule has 0 spiro atoms. The van der Waals surface area contributed by atoms with E-state index < -0.39 is 5.97 Å². The van der Waals surface area contributed by atoms with Gasteiger partial charge >= 0.3 is 5.97 Å². The van der Waals surface area contributed by atoms with E-state index in [2.05, 4.69) is 27.9 Å². The lowest BCUT2D eigenvalue weighted by atomic mass is 10.1. The number of carbonyl (C=O) groups is 2. The standard InChI is InChI=1S/C29H22N6O3S2/c1-3-38-27(37)22-16(2)31-25-20(24(22)32-28(39)34-26(36)18-10-5-4-6-11-18)15-30-35(25)29-33-23-19-12-8-7-9-17(19)13-14-21(23)40-29/h4-15H,3H2,1-2H3,(H2,31,32,34,36,39). The minimum Gasteiger partial charge on any atom is -0.462 e. The molecule has 0 saturated carbocycles. The van der Waals surface area contributed by atoms with Gasteiger partial charge in [-0.1, -0.05) is 59.9 Å². The molecule has 0 unspecified atom stereocenters. The SMILES string of the molecule is CCOC(=O)c1c(C)nc2c(cnn2-c2nc3c(ccc4ccccc43)s2)c1NC(=S)NC(=O)c1ccccc1. The highest BCUT2D eigenvalue weighted by molar-refractivity contribution is 7.80. The molecule has 40 heavy (non-hydrogen) atoms. The molecule has 198 valence electrons. The fraction of sp³-hybridized carbons (Fsp3) is 0.103. The predicted octanol–water partition coefficient (Wildman–Crippen LogP) is 5.80. The molecule has 0 atom stereocenters. The summed E-state index contributed by atoms with van der Waals surface area (Å²) in [6.45, 7) is 3.63. The smallest absolute Gasteiger partial charge is 0.342 e. The number of aryl methyl sites for hydroxylation is 1. The Bertz CT molecular complexity index is 1950. The van der Waals surface area contributed by atoms with Gasteiger partial charge in [0, 0.05) is 10.9 Å². The van der Waals surface area contributed by atoms with Crippen LogP contribution in [0.15, 0.2) is 72.9 Å². The van der Waals surface area contributed by atoms with Crippen LogP contribution in [-0.4, -0.2) is 43.3 Å². The number of esters is 1. The highest BCUT2D eigenvalue weighted by Gasteiger charge is 2.25. The van der Waals surface area contributed by atoms with Crippen molar-refractivity contribution in [1.29, 1.82) is 0 Å². The Morgan fingerprint density at radius 2 is 1.77 bits per heavy atom. The summed E-state index contributed by atoms with van der Waals surface area (Å²) in [5.74, 6) is -0.941. The van der Waals surface area contributed by atoms with Crippen LogP contribution < -0.4 is 10.6 Å². The van der Waals surface area contributed by atoms with Crippen molar-refractivity contribution < 1.29 is 14.3 Å². The molecule has 1 amide bonds.